The van der Waals surface area contributed by atoms with Crippen molar-refractivity contribution in [3.05, 3.63) is 34.9 Å². The Kier molecular flexibility index (Phi) is 5.31. The molecule has 1 saturated carbocycles. The van der Waals surface area contributed by atoms with Crippen LogP contribution in [0.2, 0.25) is 0 Å². The van der Waals surface area contributed by atoms with Crippen LogP contribution in [-0.4, -0.2) is 24.4 Å². The van der Waals surface area contributed by atoms with E-state index in [2.05, 4.69) is 16.7 Å². The number of fused-ring (bicyclic) bond motifs is 1. The monoisotopic (exact) mass is 314 g/mol. The first kappa shape index (κ1) is 16.0. The number of rotatable bonds is 5. The van der Waals surface area contributed by atoms with Gasteiger partial charge in [0.1, 0.15) is 0 Å². The van der Waals surface area contributed by atoms with Crippen molar-refractivity contribution in [1.29, 1.82) is 0 Å². The zero-order valence-electron chi connectivity index (χ0n) is 13.7. The summed E-state index contributed by atoms with van der Waals surface area (Å²) in [5.41, 5.74) is 3.40. The van der Waals surface area contributed by atoms with Crippen molar-refractivity contribution in [3.63, 3.8) is 0 Å². The van der Waals surface area contributed by atoms with Crippen molar-refractivity contribution in [2.45, 2.75) is 63.8 Å². The summed E-state index contributed by atoms with van der Waals surface area (Å²) in [6, 6.07) is 6.34. The number of carbonyl (C=O) groups excluding carboxylic acids is 2. The summed E-state index contributed by atoms with van der Waals surface area (Å²) < 4.78 is 0. The maximum absolute atomic E-state index is 12.2. The van der Waals surface area contributed by atoms with E-state index in [1.165, 1.54) is 36.8 Å². The number of hydrogen-bond donors (Lipinski definition) is 2. The van der Waals surface area contributed by atoms with Gasteiger partial charge in [-0.2, -0.15) is 0 Å². The van der Waals surface area contributed by atoms with Crippen LogP contribution in [0.4, 0.5) is 0 Å². The minimum absolute atomic E-state index is 0.0441. The molecule has 3 rings (SSSR count). The van der Waals surface area contributed by atoms with Crippen molar-refractivity contribution >= 4 is 11.8 Å². The molecule has 0 atom stereocenters. The summed E-state index contributed by atoms with van der Waals surface area (Å²) >= 11 is 0. The summed E-state index contributed by atoms with van der Waals surface area (Å²) in [6.45, 7) is 0.397. The van der Waals surface area contributed by atoms with E-state index in [-0.39, 0.29) is 11.8 Å². The molecule has 2 aliphatic rings. The normalized spacial score (nSPS) is 17.6. The number of carbonyl (C=O) groups is 2. The zero-order chi connectivity index (χ0) is 16.1. The van der Waals surface area contributed by atoms with Crippen LogP contribution in [0, 0.1) is 0 Å². The van der Waals surface area contributed by atoms with E-state index >= 15 is 0 Å². The van der Waals surface area contributed by atoms with Crippen molar-refractivity contribution < 1.29 is 9.59 Å². The Morgan fingerprint density at radius 1 is 1.00 bits per heavy atom. The van der Waals surface area contributed by atoms with Crippen molar-refractivity contribution in [2.75, 3.05) is 6.54 Å². The lowest BCUT2D eigenvalue weighted by Gasteiger charge is -2.16. The van der Waals surface area contributed by atoms with Crippen molar-refractivity contribution in [2.24, 2.45) is 0 Å². The topological polar surface area (TPSA) is 58.2 Å². The SMILES string of the molecule is O=C(CCNC(=O)c1ccc2c(c1)CCCC2)NC1CCCC1. The largest absolute Gasteiger partial charge is 0.353 e. The first-order valence-electron chi connectivity index (χ1n) is 8.92. The van der Waals surface area contributed by atoms with Crippen LogP contribution in [0.5, 0.6) is 0 Å². The average Bonchev–Trinajstić information content (AvgIpc) is 3.07. The second kappa shape index (κ2) is 7.62. The average molecular weight is 314 g/mol. The maximum atomic E-state index is 12.2. The van der Waals surface area contributed by atoms with Gasteiger partial charge in [0.25, 0.3) is 5.91 Å². The van der Waals surface area contributed by atoms with Crippen LogP contribution in [0.3, 0.4) is 0 Å². The van der Waals surface area contributed by atoms with Gasteiger partial charge < -0.3 is 10.6 Å². The van der Waals surface area contributed by atoms with E-state index in [0.29, 0.717) is 24.6 Å². The van der Waals surface area contributed by atoms with Gasteiger partial charge in [0.2, 0.25) is 5.91 Å². The first-order valence-corrected chi connectivity index (χ1v) is 8.92. The molecular formula is C19H26N2O2. The van der Waals surface area contributed by atoms with Gasteiger partial charge in [-0.05, 0) is 61.8 Å². The fourth-order valence-corrected chi connectivity index (χ4v) is 3.64. The van der Waals surface area contributed by atoms with Gasteiger partial charge in [-0.1, -0.05) is 18.9 Å². The Balaban J connectivity index is 1.44. The minimum atomic E-state index is -0.0768. The number of amides is 2. The second-order valence-corrected chi connectivity index (χ2v) is 6.75. The van der Waals surface area contributed by atoms with E-state index in [1.54, 1.807) is 0 Å². The lowest BCUT2D eigenvalue weighted by molar-refractivity contribution is -0.121. The third-order valence-corrected chi connectivity index (χ3v) is 4.97. The predicted molar refractivity (Wildman–Crippen MR) is 90.4 cm³/mol. The van der Waals surface area contributed by atoms with Gasteiger partial charge >= 0.3 is 0 Å². The molecule has 4 nitrogen and oxygen atoms in total. The van der Waals surface area contributed by atoms with E-state index in [0.717, 1.165) is 25.7 Å². The Labute approximate surface area is 138 Å². The summed E-state index contributed by atoms with van der Waals surface area (Å²) in [7, 11) is 0. The Hall–Kier alpha value is -1.84. The fourth-order valence-electron chi connectivity index (χ4n) is 3.64. The quantitative estimate of drug-likeness (QED) is 0.878. The van der Waals surface area contributed by atoms with Crippen LogP contribution < -0.4 is 10.6 Å². The fraction of sp³-hybridized carbons (Fsp3) is 0.579. The summed E-state index contributed by atoms with van der Waals surface area (Å²) in [6.07, 6.45) is 9.60. The highest BCUT2D eigenvalue weighted by Crippen LogP contribution is 2.22. The molecule has 23 heavy (non-hydrogen) atoms. The molecule has 0 radical (unpaired) electrons. The van der Waals surface area contributed by atoms with Crippen LogP contribution >= 0.6 is 0 Å². The number of aryl methyl sites for hydroxylation is 2. The molecular weight excluding hydrogens is 288 g/mol. The molecule has 1 aromatic rings. The lowest BCUT2D eigenvalue weighted by atomic mass is 9.90. The van der Waals surface area contributed by atoms with Gasteiger partial charge in [-0.3, -0.25) is 9.59 Å². The molecule has 0 aliphatic heterocycles. The summed E-state index contributed by atoms with van der Waals surface area (Å²) in [5.74, 6) is -0.0327. The van der Waals surface area contributed by atoms with Crippen LogP contribution in [-0.2, 0) is 17.6 Å². The standard InChI is InChI=1S/C19H26N2O2/c22-18(21-17-7-3-4-8-17)11-12-20-19(23)16-10-9-14-5-1-2-6-15(14)13-16/h9-10,13,17H,1-8,11-12H2,(H,20,23)(H,21,22). The molecule has 2 amide bonds. The second-order valence-electron chi connectivity index (χ2n) is 6.75. The molecule has 1 fully saturated rings. The predicted octanol–water partition coefficient (Wildman–Crippen LogP) is 2.74. The summed E-state index contributed by atoms with van der Waals surface area (Å²) in [4.78, 5) is 24.1. The highest BCUT2D eigenvalue weighted by atomic mass is 16.2. The molecule has 0 unspecified atom stereocenters. The van der Waals surface area contributed by atoms with E-state index in [4.69, 9.17) is 0 Å². The molecule has 2 aliphatic carbocycles. The first-order chi connectivity index (χ1) is 11.2. The van der Waals surface area contributed by atoms with Crippen molar-refractivity contribution in [3.8, 4) is 0 Å². The van der Waals surface area contributed by atoms with E-state index in [9.17, 15) is 9.59 Å². The molecule has 2 N–H and O–H groups in total. The molecule has 124 valence electrons. The van der Waals surface area contributed by atoms with Crippen LogP contribution in [0.15, 0.2) is 18.2 Å². The molecule has 0 aromatic heterocycles. The van der Waals surface area contributed by atoms with Gasteiger partial charge in [0.05, 0.1) is 0 Å². The molecule has 0 spiro atoms. The lowest BCUT2D eigenvalue weighted by Crippen LogP contribution is -2.35. The van der Waals surface area contributed by atoms with Crippen LogP contribution in [0.1, 0.15) is 66.4 Å². The third-order valence-electron chi connectivity index (χ3n) is 4.97. The molecule has 1 aromatic carbocycles. The number of benzene rings is 1. The van der Waals surface area contributed by atoms with Crippen molar-refractivity contribution in [1.82, 2.24) is 10.6 Å². The maximum Gasteiger partial charge on any atom is 0.251 e. The highest BCUT2D eigenvalue weighted by molar-refractivity contribution is 5.94. The minimum Gasteiger partial charge on any atom is -0.353 e. The Morgan fingerprint density at radius 2 is 1.74 bits per heavy atom. The van der Waals surface area contributed by atoms with E-state index < -0.39 is 0 Å². The molecule has 0 heterocycles. The summed E-state index contributed by atoms with van der Waals surface area (Å²) in [5, 5.41) is 5.90. The molecule has 4 heteroatoms. The highest BCUT2D eigenvalue weighted by Gasteiger charge is 2.17. The number of hydrogen-bond acceptors (Lipinski definition) is 2. The molecule has 0 saturated heterocycles. The smallest absolute Gasteiger partial charge is 0.251 e. The van der Waals surface area contributed by atoms with Gasteiger partial charge in [0, 0.05) is 24.6 Å². The number of nitrogens with one attached hydrogen (secondary N) is 2. The Morgan fingerprint density at radius 3 is 2.52 bits per heavy atom. The van der Waals surface area contributed by atoms with Gasteiger partial charge in [0.15, 0.2) is 0 Å². The van der Waals surface area contributed by atoms with Crippen LogP contribution in [0.25, 0.3) is 0 Å². The van der Waals surface area contributed by atoms with Gasteiger partial charge in [-0.25, -0.2) is 0 Å². The van der Waals surface area contributed by atoms with E-state index in [1.807, 2.05) is 12.1 Å². The van der Waals surface area contributed by atoms with Gasteiger partial charge in [-0.15, -0.1) is 0 Å². The Bertz CT molecular complexity index is 577. The zero-order valence-corrected chi connectivity index (χ0v) is 13.7. The third kappa shape index (κ3) is 4.34. The molecule has 0 bridgehead atoms.